The van der Waals surface area contributed by atoms with Crippen molar-refractivity contribution in [3.05, 3.63) is 0 Å². The van der Waals surface area contributed by atoms with E-state index in [-0.39, 0.29) is 5.60 Å². The zero-order valence-electron chi connectivity index (χ0n) is 11.7. The molecule has 3 heteroatoms. The Morgan fingerprint density at radius 3 is 2.56 bits per heavy atom. The van der Waals surface area contributed by atoms with Gasteiger partial charge >= 0.3 is 0 Å². The molecule has 0 aromatic heterocycles. The Hall–Kier alpha value is -0.120. The molecule has 1 aliphatic rings. The van der Waals surface area contributed by atoms with E-state index in [9.17, 15) is 0 Å². The molecule has 0 aromatic rings. The summed E-state index contributed by atoms with van der Waals surface area (Å²) in [5.74, 6) is 0. The van der Waals surface area contributed by atoms with Crippen LogP contribution in [0.2, 0.25) is 0 Å². The van der Waals surface area contributed by atoms with Gasteiger partial charge in [0.2, 0.25) is 0 Å². The third-order valence-corrected chi connectivity index (χ3v) is 3.41. The molecule has 1 rings (SSSR count). The van der Waals surface area contributed by atoms with Crippen LogP contribution in [0.4, 0.5) is 0 Å². The molecule has 0 radical (unpaired) electrons. The predicted octanol–water partition coefficient (Wildman–Crippen LogP) is 1.87. The van der Waals surface area contributed by atoms with Crippen LogP contribution >= 0.6 is 0 Å². The maximum absolute atomic E-state index is 5.93. The fourth-order valence-electron chi connectivity index (χ4n) is 2.62. The molecule has 1 heterocycles. The van der Waals surface area contributed by atoms with Gasteiger partial charge in [-0.2, -0.15) is 0 Å². The maximum atomic E-state index is 5.93. The lowest BCUT2D eigenvalue weighted by molar-refractivity contribution is -0.137. The van der Waals surface area contributed by atoms with Crippen LogP contribution in [0.15, 0.2) is 0 Å². The highest BCUT2D eigenvalue weighted by Gasteiger charge is 2.33. The molecule has 96 valence electrons. The molecule has 1 fully saturated rings. The van der Waals surface area contributed by atoms with E-state index in [0.29, 0.717) is 18.2 Å². The Bertz CT molecular complexity index is 218. The first-order valence-corrected chi connectivity index (χ1v) is 6.43. The van der Waals surface area contributed by atoms with Crippen LogP contribution < -0.4 is 5.32 Å². The molecule has 1 aliphatic heterocycles. The molecule has 3 unspecified atom stereocenters. The summed E-state index contributed by atoms with van der Waals surface area (Å²) in [5, 5.41) is 3.31. The van der Waals surface area contributed by atoms with Gasteiger partial charge in [-0.15, -0.1) is 0 Å². The van der Waals surface area contributed by atoms with Crippen molar-refractivity contribution in [1.82, 2.24) is 10.2 Å². The van der Waals surface area contributed by atoms with Crippen LogP contribution in [-0.4, -0.2) is 48.8 Å². The minimum Gasteiger partial charge on any atom is -0.370 e. The predicted molar refractivity (Wildman–Crippen MR) is 68.8 cm³/mol. The zero-order chi connectivity index (χ0) is 12.3. The van der Waals surface area contributed by atoms with Crippen molar-refractivity contribution in [1.29, 1.82) is 0 Å². The second-order valence-electron chi connectivity index (χ2n) is 5.89. The van der Waals surface area contributed by atoms with E-state index in [4.69, 9.17) is 4.74 Å². The van der Waals surface area contributed by atoms with E-state index < -0.39 is 0 Å². The molecule has 0 saturated carbocycles. The topological polar surface area (TPSA) is 24.5 Å². The highest BCUT2D eigenvalue weighted by molar-refractivity contribution is 4.86. The average Bonchev–Trinajstić information content (AvgIpc) is 2.14. The van der Waals surface area contributed by atoms with Crippen molar-refractivity contribution >= 4 is 0 Å². The van der Waals surface area contributed by atoms with Crippen LogP contribution in [0, 0.1) is 0 Å². The van der Waals surface area contributed by atoms with Crippen LogP contribution in [0.3, 0.4) is 0 Å². The summed E-state index contributed by atoms with van der Waals surface area (Å²) < 4.78 is 5.93. The average molecular weight is 228 g/mol. The van der Waals surface area contributed by atoms with Crippen molar-refractivity contribution in [3.8, 4) is 0 Å². The van der Waals surface area contributed by atoms with E-state index in [0.717, 1.165) is 13.1 Å². The number of hydrogen-bond acceptors (Lipinski definition) is 3. The normalized spacial score (nSPS) is 30.0. The minimum absolute atomic E-state index is 0.00515. The number of morpholine rings is 1. The van der Waals surface area contributed by atoms with Gasteiger partial charge in [0.15, 0.2) is 0 Å². The highest BCUT2D eigenvalue weighted by atomic mass is 16.5. The van der Waals surface area contributed by atoms with Crippen molar-refractivity contribution in [3.63, 3.8) is 0 Å². The van der Waals surface area contributed by atoms with Gasteiger partial charge in [-0.3, -0.25) is 4.90 Å². The Kier molecular flexibility index (Phi) is 4.77. The molecule has 1 N–H and O–H groups in total. The fraction of sp³-hybridized carbons (Fsp3) is 1.00. The quantitative estimate of drug-likeness (QED) is 0.795. The van der Waals surface area contributed by atoms with Crippen LogP contribution in [0.1, 0.15) is 41.0 Å². The van der Waals surface area contributed by atoms with Crippen molar-refractivity contribution in [2.24, 2.45) is 0 Å². The second-order valence-corrected chi connectivity index (χ2v) is 5.89. The Morgan fingerprint density at radius 2 is 2.06 bits per heavy atom. The largest absolute Gasteiger partial charge is 0.370 e. The third kappa shape index (κ3) is 4.04. The smallest absolute Gasteiger partial charge is 0.0757 e. The minimum atomic E-state index is -0.00515. The Morgan fingerprint density at radius 1 is 1.44 bits per heavy atom. The van der Waals surface area contributed by atoms with Gasteiger partial charge in [0.1, 0.15) is 0 Å². The van der Waals surface area contributed by atoms with Gasteiger partial charge in [0, 0.05) is 25.2 Å². The first kappa shape index (κ1) is 13.9. The summed E-state index contributed by atoms with van der Waals surface area (Å²) in [6.45, 7) is 13.2. The summed E-state index contributed by atoms with van der Waals surface area (Å²) in [6, 6.07) is 1.20. The summed E-state index contributed by atoms with van der Waals surface area (Å²) in [6.07, 6.45) is 1.54. The monoisotopic (exact) mass is 228 g/mol. The molecule has 3 atom stereocenters. The van der Waals surface area contributed by atoms with Crippen LogP contribution in [0.5, 0.6) is 0 Å². The van der Waals surface area contributed by atoms with E-state index in [1.807, 2.05) is 7.05 Å². The van der Waals surface area contributed by atoms with Crippen molar-refractivity contribution in [2.75, 3.05) is 20.1 Å². The number of hydrogen-bond donors (Lipinski definition) is 1. The molecular weight excluding hydrogens is 200 g/mol. The highest BCUT2D eigenvalue weighted by Crippen LogP contribution is 2.23. The van der Waals surface area contributed by atoms with Crippen molar-refractivity contribution in [2.45, 2.75) is 64.8 Å². The summed E-state index contributed by atoms with van der Waals surface area (Å²) in [4.78, 5) is 2.56. The molecule has 1 saturated heterocycles. The Balaban J connectivity index is 2.52. The first-order chi connectivity index (χ1) is 7.34. The molecule has 16 heavy (non-hydrogen) atoms. The molecule has 0 amide bonds. The van der Waals surface area contributed by atoms with Crippen LogP contribution in [0.25, 0.3) is 0 Å². The van der Waals surface area contributed by atoms with Gasteiger partial charge in [-0.1, -0.05) is 0 Å². The van der Waals surface area contributed by atoms with E-state index in [1.54, 1.807) is 0 Å². The standard InChI is InChI=1S/C13H28N2O/c1-10(14-6)7-11(2)15-8-12(3)16-13(4,5)9-15/h10-12,14H,7-9H2,1-6H3. The van der Waals surface area contributed by atoms with E-state index in [1.165, 1.54) is 6.42 Å². The van der Waals surface area contributed by atoms with E-state index in [2.05, 4.69) is 44.8 Å². The summed E-state index contributed by atoms with van der Waals surface area (Å²) >= 11 is 0. The SMILES string of the molecule is CNC(C)CC(C)N1CC(C)OC(C)(C)C1. The molecular formula is C13H28N2O. The Labute approximate surface area is 101 Å². The molecule has 0 aromatic carbocycles. The summed E-state index contributed by atoms with van der Waals surface area (Å²) in [7, 11) is 2.03. The van der Waals surface area contributed by atoms with E-state index >= 15 is 0 Å². The molecule has 0 spiro atoms. The van der Waals surface area contributed by atoms with Gasteiger partial charge in [0.05, 0.1) is 11.7 Å². The van der Waals surface area contributed by atoms with Crippen LogP contribution in [-0.2, 0) is 4.74 Å². The lowest BCUT2D eigenvalue weighted by atomic mass is 10.0. The van der Waals surface area contributed by atoms with Gasteiger partial charge in [-0.05, 0) is 48.1 Å². The number of nitrogens with one attached hydrogen (secondary N) is 1. The second kappa shape index (κ2) is 5.48. The lowest BCUT2D eigenvalue weighted by Gasteiger charge is -2.44. The fourth-order valence-corrected chi connectivity index (χ4v) is 2.62. The third-order valence-electron chi connectivity index (χ3n) is 3.41. The molecule has 0 aliphatic carbocycles. The number of ether oxygens (including phenoxy) is 1. The van der Waals surface area contributed by atoms with Gasteiger partial charge in [0.25, 0.3) is 0 Å². The lowest BCUT2D eigenvalue weighted by Crippen LogP contribution is -2.55. The van der Waals surface area contributed by atoms with Gasteiger partial charge < -0.3 is 10.1 Å². The van der Waals surface area contributed by atoms with Gasteiger partial charge in [-0.25, -0.2) is 0 Å². The molecule has 3 nitrogen and oxygen atoms in total. The number of rotatable bonds is 4. The van der Waals surface area contributed by atoms with Crippen molar-refractivity contribution < 1.29 is 4.74 Å². The zero-order valence-corrected chi connectivity index (χ0v) is 11.7. The number of nitrogens with zero attached hydrogens (tertiary/aromatic N) is 1. The maximum Gasteiger partial charge on any atom is 0.0757 e. The summed E-state index contributed by atoms with van der Waals surface area (Å²) in [5.41, 5.74) is -0.00515. The molecule has 0 bridgehead atoms. The first-order valence-electron chi connectivity index (χ1n) is 6.43.